The lowest BCUT2D eigenvalue weighted by Crippen LogP contribution is -2.41. The minimum atomic E-state index is -0.507. The topological polar surface area (TPSA) is 64.3 Å². The first-order valence-corrected chi connectivity index (χ1v) is 4.62. The number of hydrogen-bond acceptors (Lipinski definition) is 3. The Bertz CT molecular complexity index is 145. The van der Waals surface area contributed by atoms with Crippen LogP contribution in [-0.2, 0) is 9.53 Å². The van der Waals surface area contributed by atoms with Crippen LogP contribution in [0.5, 0.6) is 0 Å². The van der Waals surface area contributed by atoms with E-state index in [1.807, 2.05) is 0 Å². The molecule has 0 aliphatic carbocycles. The van der Waals surface area contributed by atoms with Gasteiger partial charge in [-0.15, -0.1) is 0 Å². The molecule has 0 aliphatic heterocycles. The van der Waals surface area contributed by atoms with Gasteiger partial charge in [0.2, 0.25) is 5.91 Å². The molecule has 1 unspecified atom stereocenters. The molecule has 13 heavy (non-hydrogen) atoms. The van der Waals surface area contributed by atoms with E-state index in [0.717, 1.165) is 6.42 Å². The van der Waals surface area contributed by atoms with Gasteiger partial charge in [-0.1, -0.05) is 13.8 Å². The zero-order chi connectivity index (χ0) is 10.3. The number of nitrogens with two attached hydrogens (primary N) is 1. The lowest BCUT2D eigenvalue weighted by Gasteiger charge is -2.13. The lowest BCUT2D eigenvalue weighted by molar-refractivity contribution is -0.130. The van der Waals surface area contributed by atoms with Gasteiger partial charge in [-0.3, -0.25) is 4.79 Å². The van der Waals surface area contributed by atoms with Crippen LogP contribution in [0.1, 0.15) is 20.3 Å². The van der Waals surface area contributed by atoms with Crippen LogP contribution in [0.3, 0.4) is 0 Å². The van der Waals surface area contributed by atoms with Crippen LogP contribution in [0.2, 0.25) is 0 Å². The molecule has 0 bridgehead atoms. The third-order valence-electron chi connectivity index (χ3n) is 1.81. The summed E-state index contributed by atoms with van der Waals surface area (Å²) in [6.07, 6.45) is 0.472. The van der Waals surface area contributed by atoms with Crippen LogP contribution in [0.25, 0.3) is 0 Å². The molecular weight excluding hydrogens is 168 g/mol. The van der Waals surface area contributed by atoms with Gasteiger partial charge in [0.15, 0.2) is 0 Å². The van der Waals surface area contributed by atoms with Gasteiger partial charge >= 0.3 is 0 Å². The van der Waals surface area contributed by atoms with Crippen molar-refractivity contribution in [2.45, 2.75) is 26.4 Å². The molecule has 0 spiro atoms. The van der Waals surface area contributed by atoms with Crippen molar-refractivity contribution in [2.24, 2.45) is 11.7 Å². The minimum absolute atomic E-state index is 0.120. The summed E-state index contributed by atoms with van der Waals surface area (Å²) in [6, 6.07) is 0. The fraction of sp³-hybridized carbons (Fsp3) is 0.889. The number of amides is 1. The summed E-state index contributed by atoms with van der Waals surface area (Å²) in [4.78, 5) is 11.3. The summed E-state index contributed by atoms with van der Waals surface area (Å²) >= 11 is 0. The van der Waals surface area contributed by atoms with E-state index in [-0.39, 0.29) is 12.5 Å². The van der Waals surface area contributed by atoms with E-state index in [4.69, 9.17) is 10.5 Å². The fourth-order valence-corrected chi connectivity index (χ4v) is 0.908. The number of hydrogen-bond donors (Lipinski definition) is 2. The van der Waals surface area contributed by atoms with Crippen molar-refractivity contribution in [2.75, 3.05) is 20.2 Å². The summed E-state index contributed by atoms with van der Waals surface area (Å²) in [5, 5.41) is 2.77. The molecule has 0 fully saturated rings. The van der Waals surface area contributed by atoms with Crippen molar-refractivity contribution in [3.8, 4) is 0 Å². The molecule has 0 aromatic rings. The van der Waals surface area contributed by atoms with E-state index in [1.165, 1.54) is 7.11 Å². The van der Waals surface area contributed by atoms with Gasteiger partial charge < -0.3 is 15.8 Å². The molecule has 0 radical (unpaired) electrons. The Morgan fingerprint density at radius 3 is 2.54 bits per heavy atom. The summed E-state index contributed by atoms with van der Waals surface area (Å²) in [5.41, 5.74) is 5.33. The lowest BCUT2D eigenvalue weighted by atomic mass is 10.1. The average Bonchev–Trinajstić information content (AvgIpc) is 2.05. The number of rotatable bonds is 6. The average molecular weight is 188 g/mol. The molecule has 0 rings (SSSR count). The molecule has 4 heteroatoms. The van der Waals surface area contributed by atoms with E-state index >= 15 is 0 Å². The van der Waals surface area contributed by atoms with Crippen LogP contribution in [-0.4, -0.2) is 32.2 Å². The second-order valence-electron chi connectivity index (χ2n) is 3.43. The van der Waals surface area contributed by atoms with E-state index in [1.54, 1.807) is 0 Å². The Balaban J connectivity index is 3.60. The molecular formula is C9H20N2O2. The summed E-state index contributed by atoms with van der Waals surface area (Å²) in [7, 11) is 1.49. The van der Waals surface area contributed by atoms with Crippen LogP contribution in [0.4, 0.5) is 0 Å². The molecule has 78 valence electrons. The van der Waals surface area contributed by atoms with Gasteiger partial charge in [0.05, 0.1) is 0 Å². The highest BCUT2D eigenvalue weighted by molar-refractivity contribution is 5.80. The third-order valence-corrected chi connectivity index (χ3v) is 1.81. The Morgan fingerprint density at radius 2 is 2.15 bits per heavy atom. The highest BCUT2D eigenvalue weighted by atomic mass is 16.5. The van der Waals surface area contributed by atoms with Gasteiger partial charge in [-0.2, -0.15) is 0 Å². The molecule has 1 atom stereocenters. The zero-order valence-corrected chi connectivity index (χ0v) is 8.67. The molecule has 0 saturated heterocycles. The summed E-state index contributed by atoms with van der Waals surface area (Å²) in [6.45, 7) is 5.14. The largest absolute Gasteiger partial charge is 0.370 e. The zero-order valence-electron chi connectivity index (χ0n) is 8.67. The normalized spacial score (nSPS) is 13.0. The fourth-order valence-electron chi connectivity index (χ4n) is 0.908. The van der Waals surface area contributed by atoms with E-state index in [9.17, 15) is 4.79 Å². The SMILES string of the molecule is COC(CN)C(=O)NCCC(C)C. The van der Waals surface area contributed by atoms with Gasteiger partial charge in [0, 0.05) is 20.2 Å². The van der Waals surface area contributed by atoms with E-state index in [2.05, 4.69) is 19.2 Å². The van der Waals surface area contributed by atoms with Crippen LogP contribution < -0.4 is 11.1 Å². The first-order valence-electron chi connectivity index (χ1n) is 4.62. The van der Waals surface area contributed by atoms with Crippen molar-refractivity contribution >= 4 is 5.91 Å². The Hall–Kier alpha value is -0.610. The molecule has 0 aromatic carbocycles. The van der Waals surface area contributed by atoms with Crippen molar-refractivity contribution in [3.63, 3.8) is 0 Å². The maximum atomic E-state index is 11.3. The summed E-state index contributed by atoms with van der Waals surface area (Å²) in [5.74, 6) is 0.477. The first kappa shape index (κ1) is 12.4. The van der Waals surface area contributed by atoms with E-state index in [0.29, 0.717) is 12.5 Å². The Labute approximate surface area is 79.8 Å². The van der Waals surface area contributed by atoms with Crippen molar-refractivity contribution in [1.29, 1.82) is 0 Å². The van der Waals surface area contributed by atoms with Crippen molar-refractivity contribution in [3.05, 3.63) is 0 Å². The standard InChI is InChI=1S/C9H20N2O2/c1-7(2)4-5-11-9(12)8(6-10)13-3/h7-8H,4-6,10H2,1-3H3,(H,11,12). The van der Waals surface area contributed by atoms with Gasteiger partial charge in [-0.25, -0.2) is 0 Å². The van der Waals surface area contributed by atoms with Crippen LogP contribution in [0, 0.1) is 5.92 Å². The maximum absolute atomic E-state index is 11.3. The number of carbonyl (C=O) groups excluding carboxylic acids is 1. The number of nitrogens with one attached hydrogen (secondary N) is 1. The molecule has 0 heterocycles. The quantitative estimate of drug-likeness (QED) is 0.622. The minimum Gasteiger partial charge on any atom is -0.370 e. The number of carbonyl (C=O) groups is 1. The third kappa shape index (κ3) is 5.60. The van der Waals surface area contributed by atoms with Gasteiger partial charge in [0.1, 0.15) is 6.10 Å². The molecule has 1 amide bonds. The number of methoxy groups -OCH3 is 1. The highest BCUT2D eigenvalue weighted by Crippen LogP contribution is 1.96. The smallest absolute Gasteiger partial charge is 0.250 e. The second-order valence-corrected chi connectivity index (χ2v) is 3.43. The van der Waals surface area contributed by atoms with Crippen LogP contribution >= 0.6 is 0 Å². The molecule has 0 aromatic heterocycles. The Morgan fingerprint density at radius 1 is 1.54 bits per heavy atom. The Kier molecular flexibility index (Phi) is 6.54. The van der Waals surface area contributed by atoms with Crippen LogP contribution in [0.15, 0.2) is 0 Å². The molecule has 3 N–H and O–H groups in total. The second kappa shape index (κ2) is 6.86. The predicted molar refractivity (Wildman–Crippen MR) is 52.3 cm³/mol. The number of ether oxygens (including phenoxy) is 1. The summed E-state index contributed by atoms with van der Waals surface area (Å²) < 4.78 is 4.88. The molecule has 0 saturated carbocycles. The van der Waals surface area contributed by atoms with E-state index < -0.39 is 6.10 Å². The maximum Gasteiger partial charge on any atom is 0.250 e. The van der Waals surface area contributed by atoms with Gasteiger partial charge in [-0.05, 0) is 12.3 Å². The first-order chi connectivity index (χ1) is 6.11. The molecule has 4 nitrogen and oxygen atoms in total. The molecule has 0 aliphatic rings. The predicted octanol–water partition coefficient (Wildman–Crippen LogP) is 0.122. The monoisotopic (exact) mass is 188 g/mol. The van der Waals surface area contributed by atoms with Gasteiger partial charge in [0.25, 0.3) is 0 Å². The highest BCUT2D eigenvalue weighted by Gasteiger charge is 2.14. The van der Waals surface area contributed by atoms with Crippen molar-refractivity contribution in [1.82, 2.24) is 5.32 Å². The van der Waals surface area contributed by atoms with Crippen molar-refractivity contribution < 1.29 is 9.53 Å².